The quantitative estimate of drug-likeness (QED) is 0.805. The number of aryl methyl sites for hydroxylation is 1. The number of carbonyl (C=O) groups excluding carboxylic acids is 1. The molecule has 0 aliphatic rings. The second-order valence-corrected chi connectivity index (χ2v) is 4.72. The van der Waals surface area contributed by atoms with E-state index in [1.165, 1.54) is 0 Å². The molecule has 2 aromatic rings. The van der Waals surface area contributed by atoms with Gasteiger partial charge in [0.2, 0.25) is 0 Å². The molecule has 0 bridgehead atoms. The lowest BCUT2D eigenvalue weighted by Crippen LogP contribution is -2.32. The van der Waals surface area contributed by atoms with Gasteiger partial charge in [-0.3, -0.25) is 0 Å². The number of methoxy groups -OCH3 is 1. The lowest BCUT2D eigenvalue weighted by atomic mass is 10.2. The minimum Gasteiger partial charge on any atom is -0.497 e. The zero-order valence-corrected chi connectivity index (χ0v) is 12.8. The van der Waals surface area contributed by atoms with Crippen LogP contribution in [0.1, 0.15) is 5.56 Å². The van der Waals surface area contributed by atoms with Gasteiger partial charge in [0.15, 0.2) is 0 Å². The van der Waals surface area contributed by atoms with Crippen molar-refractivity contribution in [3.05, 3.63) is 54.1 Å². The summed E-state index contributed by atoms with van der Waals surface area (Å²) in [7, 11) is 1.60. The van der Waals surface area contributed by atoms with Crippen LogP contribution in [0.4, 0.5) is 10.5 Å². The molecule has 2 rings (SSSR count). The predicted octanol–water partition coefficient (Wildman–Crippen LogP) is 3.20. The normalized spacial score (nSPS) is 9.91. The zero-order valence-electron chi connectivity index (χ0n) is 12.8. The summed E-state index contributed by atoms with van der Waals surface area (Å²) in [6, 6.07) is 14.7. The van der Waals surface area contributed by atoms with Crippen molar-refractivity contribution < 1.29 is 14.3 Å². The van der Waals surface area contributed by atoms with Crippen molar-refractivity contribution in [2.45, 2.75) is 6.92 Å². The van der Waals surface area contributed by atoms with Gasteiger partial charge in [0, 0.05) is 5.69 Å². The van der Waals surface area contributed by atoms with Crippen LogP contribution in [0.5, 0.6) is 11.5 Å². The topological polar surface area (TPSA) is 59.6 Å². The maximum Gasteiger partial charge on any atom is 0.319 e. The summed E-state index contributed by atoms with van der Waals surface area (Å²) in [4.78, 5) is 11.7. The molecule has 0 aromatic heterocycles. The van der Waals surface area contributed by atoms with E-state index in [1.807, 2.05) is 31.2 Å². The Labute approximate surface area is 130 Å². The highest BCUT2D eigenvalue weighted by Gasteiger charge is 2.02. The lowest BCUT2D eigenvalue weighted by Gasteiger charge is -2.10. The van der Waals surface area contributed by atoms with Crippen LogP contribution in [0, 0.1) is 6.92 Å². The van der Waals surface area contributed by atoms with Crippen LogP contribution in [0.15, 0.2) is 48.5 Å². The van der Waals surface area contributed by atoms with Crippen molar-refractivity contribution >= 4 is 11.7 Å². The molecule has 2 N–H and O–H groups in total. The first-order chi connectivity index (χ1) is 10.7. The highest BCUT2D eigenvalue weighted by atomic mass is 16.5. The van der Waals surface area contributed by atoms with E-state index in [-0.39, 0.29) is 6.03 Å². The van der Waals surface area contributed by atoms with Crippen LogP contribution in [0.25, 0.3) is 0 Å². The van der Waals surface area contributed by atoms with Crippen LogP contribution in [0.3, 0.4) is 0 Å². The highest BCUT2D eigenvalue weighted by molar-refractivity contribution is 5.89. The van der Waals surface area contributed by atoms with E-state index in [2.05, 4.69) is 10.6 Å². The number of urea groups is 1. The molecular formula is C17H20N2O3. The van der Waals surface area contributed by atoms with Gasteiger partial charge >= 0.3 is 6.03 Å². The van der Waals surface area contributed by atoms with E-state index in [4.69, 9.17) is 9.47 Å². The smallest absolute Gasteiger partial charge is 0.319 e. The van der Waals surface area contributed by atoms with Gasteiger partial charge in [-0.15, -0.1) is 0 Å². The number of anilines is 1. The maximum atomic E-state index is 11.7. The molecule has 2 amide bonds. The third-order valence-electron chi connectivity index (χ3n) is 3.09. The Morgan fingerprint density at radius 3 is 2.50 bits per heavy atom. The molecule has 0 saturated heterocycles. The number of ether oxygens (including phenoxy) is 2. The molecule has 5 heteroatoms. The Morgan fingerprint density at radius 1 is 1.09 bits per heavy atom. The van der Waals surface area contributed by atoms with Crippen molar-refractivity contribution in [3.8, 4) is 11.5 Å². The molecule has 22 heavy (non-hydrogen) atoms. The molecule has 5 nitrogen and oxygen atoms in total. The Balaban J connectivity index is 1.70. The Morgan fingerprint density at radius 2 is 1.82 bits per heavy atom. The number of nitrogens with one attached hydrogen (secondary N) is 2. The number of benzene rings is 2. The highest BCUT2D eigenvalue weighted by Crippen LogP contribution is 2.16. The van der Waals surface area contributed by atoms with E-state index < -0.39 is 0 Å². The van der Waals surface area contributed by atoms with Crippen LogP contribution in [0.2, 0.25) is 0 Å². The summed E-state index contributed by atoms with van der Waals surface area (Å²) in [5.74, 6) is 1.58. The molecular weight excluding hydrogens is 280 g/mol. The second-order valence-electron chi connectivity index (χ2n) is 4.72. The van der Waals surface area contributed by atoms with Gasteiger partial charge < -0.3 is 20.1 Å². The molecule has 0 fully saturated rings. The molecule has 0 aliphatic heterocycles. The lowest BCUT2D eigenvalue weighted by molar-refractivity contribution is 0.247. The van der Waals surface area contributed by atoms with Crippen LogP contribution < -0.4 is 20.1 Å². The summed E-state index contributed by atoms with van der Waals surface area (Å²) in [6.07, 6.45) is 0. The van der Waals surface area contributed by atoms with Crippen LogP contribution in [-0.4, -0.2) is 26.3 Å². The van der Waals surface area contributed by atoms with Gasteiger partial charge in [0.05, 0.1) is 13.7 Å². The van der Waals surface area contributed by atoms with Crippen molar-refractivity contribution in [2.24, 2.45) is 0 Å². The van der Waals surface area contributed by atoms with E-state index in [0.29, 0.717) is 18.8 Å². The average Bonchev–Trinajstić information content (AvgIpc) is 2.54. The van der Waals surface area contributed by atoms with Crippen molar-refractivity contribution in [3.63, 3.8) is 0 Å². The third-order valence-corrected chi connectivity index (χ3v) is 3.09. The van der Waals surface area contributed by atoms with Crippen LogP contribution in [-0.2, 0) is 0 Å². The SMILES string of the molecule is COc1ccc(NC(=O)NCCOc2ccccc2C)cc1. The number of carbonyl (C=O) groups is 1. The van der Waals surface area contributed by atoms with Gasteiger partial charge in [0.25, 0.3) is 0 Å². The minimum atomic E-state index is -0.265. The van der Waals surface area contributed by atoms with Gasteiger partial charge in [-0.1, -0.05) is 18.2 Å². The van der Waals surface area contributed by atoms with Crippen molar-refractivity contribution in [2.75, 3.05) is 25.6 Å². The monoisotopic (exact) mass is 300 g/mol. The molecule has 0 unspecified atom stereocenters. The summed E-state index contributed by atoms with van der Waals surface area (Å²) in [5.41, 5.74) is 1.78. The fourth-order valence-corrected chi connectivity index (χ4v) is 1.89. The molecule has 0 saturated carbocycles. The van der Waals surface area contributed by atoms with Crippen LogP contribution >= 0.6 is 0 Å². The van der Waals surface area contributed by atoms with Gasteiger partial charge in [-0.05, 0) is 42.8 Å². The average molecular weight is 300 g/mol. The molecule has 2 aromatic carbocycles. The summed E-state index contributed by atoms with van der Waals surface area (Å²) in [5, 5.41) is 5.49. The Hall–Kier alpha value is -2.69. The number of hydrogen-bond donors (Lipinski definition) is 2. The summed E-state index contributed by atoms with van der Waals surface area (Å²) in [6.45, 7) is 2.83. The van der Waals surface area contributed by atoms with E-state index in [1.54, 1.807) is 31.4 Å². The molecule has 0 heterocycles. The van der Waals surface area contributed by atoms with Gasteiger partial charge in [0.1, 0.15) is 18.1 Å². The standard InChI is InChI=1S/C17H20N2O3/c1-13-5-3-4-6-16(13)22-12-11-18-17(20)19-14-7-9-15(21-2)10-8-14/h3-10H,11-12H2,1-2H3,(H2,18,19,20). The first-order valence-electron chi connectivity index (χ1n) is 7.06. The first-order valence-corrected chi connectivity index (χ1v) is 7.06. The fourth-order valence-electron chi connectivity index (χ4n) is 1.89. The Kier molecular flexibility index (Phi) is 5.65. The van der Waals surface area contributed by atoms with Gasteiger partial charge in [-0.25, -0.2) is 4.79 Å². The molecule has 0 aliphatic carbocycles. The molecule has 0 radical (unpaired) electrons. The number of hydrogen-bond acceptors (Lipinski definition) is 3. The maximum absolute atomic E-state index is 11.7. The second kappa shape index (κ2) is 7.93. The van der Waals surface area contributed by atoms with E-state index in [0.717, 1.165) is 17.1 Å². The summed E-state index contributed by atoms with van der Waals surface area (Å²) < 4.78 is 10.7. The number of amides is 2. The number of para-hydroxylation sites is 1. The van der Waals surface area contributed by atoms with E-state index in [9.17, 15) is 4.79 Å². The largest absolute Gasteiger partial charge is 0.497 e. The van der Waals surface area contributed by atoms with Crippen molar-refractivity contribution in [1.82, 2.24) is 5.32 Å². The Bertz CT molecular complexity index is 612. The zero-order chi connectivity index (χ0) is 15.8. The predicted molar refractivity (Wildman–Crippen MR) is 86.7 cm³/mol. The van der Waals surface area contributed by atoms with Crippen molar-refractivity contribution in [1.29, 1.82) is 0 Å². The molecule has 116 valence electrons. The molecule has 0 spiro atoms. The third kappa shape index (κ3) is 4.70. The first kappa shape index (κ1) is 15.7. The fraction of sp³-hybridized carbons (Fsp3) is 0.235. The van der Waals surface area contributed by atoms with E-state index >= 15 is 0 Å². The number of rotatable bonds is 6. The molecule has 0 atom stereocenters. The minimum absolute atomic E-state index is 0.265. The van der Waals surface area contributed by atoms with Gasteiger partial charge in [-0.2, -0.15) is 0 Å². The summed E-state index contributed by atoms with van der Waals surface area (Å²) >= 11 is 0.